The summed E-state index contributed by atoms with van der Waals surface area (Å²) in [4.78, 5) is 2.55. The molecule has 1 unspecified atom stereocenters. The van der Waals surface area contributed by atoms with E-state index in [1.165, 1.54) is 7.05 Å². The van der Waals surface area contributed by atoms with Crippen LogP contribution in [0.5, 0.6) is 0 Å². The lowest BCUT2D eigenvalue weighted by atomic mass is 9.95. The zero-order chi connectivity index (χ0) is 14.6. The lowest BCUT2D eigenvalue weighted by Crippen LogP contribution is -2.35. The van der Waals surface area contributed by atoms with Gasteiger partial charge in [0.2, 0.25) is 10.0 Å². The van der Waals surface area contributed by atoms with Gasteiger partial charge in [0, 0.05) is 25.4 Å². The Morgan fingerprint density at radius 3 is 2.65 bits per heavy atom. The van der Waals surface area contributed by atoms with Crippen LogP contribution < -0.4 is 9.62 Å². The number of hydrogen-bond donors (Lipinski definition) is 2. The summed E-state index contributed by atoms with van der Waals surface area (Å²) in [5.41, 5.74) is 1.04. The van der Waals surface area contributed by atoms with E-state index in [0.29, 0.717) is 5.92 Å². The van der Waals surface area contributed by atoms with Crippen molar-refractivity contribution < 1.29 is 13.5 Å². The van der Waals surface area contributed by atoms with Crippen molar-refractivity contribution in [1.82, 2.24) is 4.72 Å². The second-order valence-electron chi connectivity index (χ2n) is 5.17. The Morgan fingerprint density at radius 2 is 2.05 bits per heavy atom. The van der Waals surface area contributed by atoms with E-state index in [2.05, 4.69) is 9.62 Å². The summed E-state index contributed by atoms with van der Waals surface area (Å²) in [7, 11) is -1.96. The molecule has 1 aliphatic heterocycles. The molecule has 1 aromatic rings. The van der Waals surface area contributed by atoms with Crippen molar-refractivity contribution in [2.24, 2.45) is 5.92 Å². The van der Waals surface area contributed by atoms with Crippen molar-refractivity contribution in [3.05, 3.63) is 24.3 Å². The molecular weight excluding hydrogens is 276 g/mol. The second-order valence-corrected chi connectivity index (χ2v) is 7.05. The van der Waals surface area contributed by atoms with E-state index in [1.54, 1.807) is 12.1 Å². The Kier molecular flexibility index (Phi) is 5.01. The molecule has 0 aliphatic carbocycles. The van der Waals surface area contributed by atoms with E-state index < -0.39 is 10.0 Å². The average molecular weight is 298 g/mol. The van der Waals surface area contributed by atoms with Gasteiger partial charge in [-0.05, 0) is 56.5 Å². The van der Waals surface area contributed by atoms with Gasteiger partial charge in [0.25, 0.3) is 0 Å². The van der Waals surface area contributed by atoms with Gasteiger partial charge in [0.15, 0.2) is 0 Å². The van der Waals surface area contributed by atoms with Gasteiger partial charge in [0.1, 0.15) is 0 Å². The summed E-state index contributed by atoms with van der Waals surface area (Å²) in [6.07, 6.45) is 3.10. The zero-order valence-corrected chi connectivity index (χ0v) is 12.6. The number of rotatable bonds is 5. The molecule has 0 bridgehead atoms. The number of nitrogens with zero attached hydrogens (tertiary/aromatic N) is 1. The van der Waals surface area contributed by atoms with Crippen molar-refractivity contribution >= 4 is 15.7 Å². The number of aliphatic hydroxyl groups is 1. The second kappa shape index (κ2) is 6.56. The predicted octanol–water partition coefficient (Wildman–Crippen LogP) is 1.19. The molecular formula is C14H22N2O3S. The highest BCUT2D eigenvalue weighted by Crippen LogP contribution is 2.25. The van der Waals surface area contributed by atoms with E-state index in [-0.39, 0.29) is 11.5 Å². The fourth-order valence-electron chi connectivity index (χ4n) is 2.67. The first-order valence-electron chi connectivity index (χ1n) is 6.96. The molecule has 1 fully saturated rings. The van der Waals surface area contributed by atoms with Crippen molar-refractivity contribution in [3.8, 4) is 0 Å². The van der Waals surface area contributed by atoms with Gasteiger partial charge in [-0.1, -0.05) is 0 Å². The minimum Gasteiger partial charge on any atom is -0.396 e. The van der Waals surface area contributed by atoms with Crippen LogP contribution in [0.25, 0.3) is 0 Å². The Hall–Kier alpha value is -1.11. The Balaban J connectivity index is 2.10. The fraction of sp³-hybridized carbons (Fsp3) is 0.571. The van der Waals surface area contributed by atoms with E-state index in [1.807, 2.05) is 12.1 Å². The van der Waals surface area contributed by atoms with Gasteiger partial charge >= 0.3 is 0 Å². The summed E-state index contributed by atoms with van der Waals surface area (Å²) >= 11 is 0. The molecule has 1 aromatic carbocycles. The maximum absolute atomic E-state index is 11.7. The summed E-state index contributed by atoms with van der Waals surface area (Å²) in [5.74, 6) is 0.523. The monoisotopic (exact) mass is 298 g/mol. The maximum Gasteiger partial charge on any atom is 0.240 e. The van der Waals surface area contributed by atoms with Crippen molar-refractivity contribution in [1.29, 1.82) is 0 Å². The third-order valence-corrected chi connectivity index (χ3v) is 5.27. The van der Waals surface area contributed by atoms with Gasteiger partial charge in [-0.3, -0.25) is 0 Å². The van der Waals surface area contributed by atoms with E-state index in [9.17, 15) is 8.42 Å². The van der Waals surface area contributed by atoms with E-state index in [4.69, 9.17) is 5.11 Å². The molecule has 5 nitrogen and oxygen atoms in total. The van der Waals surface area contributed by atoms with Crippen molar-refractivity contribution in [2.75, 3.05) is 31.6 Å². The largest absolute Gasteiger partial charge is 0.396 e. The van der Waals surface area contributed by atoms with Gasteiger partial charge in [-0.2, -0.15) is 0 Å². The van der Waals surface area contributed by atoms with Gasteiger partial charge in [-0.25, -0.2) is 13.1 Å². The first-order valence-corrected chi connectivity index (χ1v) is 8.44. The highest BCUT2D eigenvalue weighted by Gasteiger charge is 2.20. The highest BCUT2D eigenvalue weighted by molar-refractivity contribution is 7.89. The smallest absolute Gasteiger partial charge is 0.240 e. The summed E-state index contributed by atoms with van der Waals surface area (Å²) in [5, 5.41) is 9.04. The van der Waals surface area contributed by atoms with Crippen molar-refractivity contribution in [2.45, 2.75) is 24.2 Å². The number of benzene rings is 1. The quantitative estimate of drug-likeness (QED) is 0.857. The molecule has 2 rings (SSSR count). The van der Waals surface area contributed by atoms with Crippen LogP contribution in [0.2, 0.25) is 0 Å². The third-order valence-electron chi connectivity index (χ3n) is 3.84. The number of anilines is 1. The first kappa shape index (κ1) is 15.3. The van der Waals surface area contributed by atoms with Gasteiger partial charge in [0.05, 0.1) is 4.90 Å². The number of hydrogen-bond acceptors (Lipinski definition) is 4. The summed E-state index contributed by atoms with van der Waals surface area (Å²) in [6.45, 7) is 2.15. The molecule has 1 heterocycles. The molecule has 1 atom stereocenters. The maximum atomic E-state index is 11.7. The first-order chi connectivity index (χ1) is 9.56. The van der Waals surface area contributed by atoms with Crippen LogP contribution >= 0.6 is 0 Å². The SMILES string of the molecule is CNS(=O)(=O)c1ccc(N2CCCC(CCO)C2)cc1. The average Bonchev–Trinajstić information content (AvgIpc) is 2.48. The molecule has 0 aromatic heterocycles. The molecule has 2 N–H and O–H groups in total. The zero-order valence-electron chi connectivity index (χ0n) is 11.7. The topological polar surface area (TPSA) is 69.6 Å². The third kappa shape index (κ3) is 3.50. The lowest BCUT2D eigenvalue weighted by molar-refractivity contribution is 0.244. The lowest BCUT2D eigenvalue weighted by Gasteiger charge is -2.34. The molecule has 0 spiro atoms. The molecule has 6 heteroatoms. The van der Waals surface area contributed by atoms with Crippen LogP contribution in [-0.4, -0.2) is 40.3 Å². The van der Waals surface area contributed by atoms with Crippen LogP contribution in [0.15, 0.2) is 29.2 Å². The molecule has 1 saturated heterocycles. The Bertz CT molecular complexity index is 526. The number of sulfonamides is 1. The number of piperidine rings is 1. The van der Waals surface area contributed by atoms with Crippen LogP contribution in [0.1, 0.15) is 19.3 Å². The Morgan fingerprint density at radius 1 is 1.35 bits per heavy atom. The van der Waals surface area contributed by atoms with Crippen LogP contribution in [0.4, 0.5) is 5.69 Å². The summed E-state index contributed by atoms with van der Waals surface area (Å²) in [6, 6.07) is 6.98. The molecule has 20 heavy (non-hydrogen) atoms. The van der Waals surface area contributed by atoms with Crippen LogP contribution in [0, 0.1) is 5.92 Å². The molecule has 112 valence electrons. The molecule has 1 aliphatic rings. The van der Waals surface area contributed by atoms with Crippen molar-refractivity contribution in [3.63, 3.8) is 0 Å². The van der Waals surface area contributed by atoms with Crippen LogP contribution in [-0.2, 0) is 10.0 Å². The molecule has 0 amide bonds. The fourth-order valence-corrected chi connectivity index (χ4v) is 3.40. The minimum absolute atomic E-state index is 0.234. The summed E-state index contributed by atoms with van der Waals surface area (Å²) < 4.78 is 25.7. The van der Waals surface area contributed by atoms with E-state index >= 15 is 0 Å². The standard InChI is InChI=1S/C14H22N2O3S/c1-15-20(18,19)14-6-4-13(5-7-14)16-9-2-3-12(11-16)8-10-17/h4-7,12,15,17H,2-3,8-11H2,1H3. The highest BCUT2D eigenvalue weighted by atomic mass is 32.2. The number of aliphatic hydroxyl groups excluding tert-OH is 1. The van der Waals surface area contributed by atoms with Gasteiger partial charge in [-0.15, -0.1) is 0 Å². The molecule has 0 radical (unpaired) electrons. The Labute approximate surface area is 120 Å². The number of nitrogens with one attached hydrogen (secondary N) is 1. The van der Waals surface area contributed by atoms with Crippen LogP contribution in [0.3, 0.4) is 0 Å². The predicted molar refractivity (Wildman–Crippen MR) is 79.3 cm³/mol. The van der Waals surface area contributed by atoms with Gasteiger partial charge < -0.3 is 10.0 Å². The normalized spacial score (nSPS) is 20.1. The van der Waals surface area contributed by atoms with E-state index in [0.717, 1.165) is 38.0 Å². The molecule has 0 saturated carbocycles. The minimum atomic E-state index is -3.37.